The summed E-state index contributed by atoms with van der Waals surface area (Å²) in [6.07, 6.45) is 5.16. The van der Waals surface area contributed by atoms with Crippen LogP contribution in [0.4, 0.5) is 0 Å². The minimum absolute atomic E-state index is 0. The van der Waals surface area contributed by atoms with Gasteiger partial charge in [-0.1, -0.05) is 19.8 Å². The lowest BCUT2D eigenvalue weighted by atomic mass is 9.75. The van der Waals surface area contributed by atoms with Crippen LogP contribution in [0.3, 0.4) is 0 Å². The molecule has 0 amide bonds. The number of morpholine rings is 1. The minimum atomic E-state index is 0. The molecule has 2 aliphatic rings. The highest BCUT2D eigenvalue weighted by atomic mass is 127. The van der Waals surface area contributed by atoms with E-state index >= 15 is 0 Å². The van der Waals surface area contributed by atoms with Crippen LogP contribution in [0.1, 0.15) is 46.5 Å². The molecule has 27 heavy (non-hydrogen) atoms. The maximum atomic E-state index is 5.46. The second-order valence-electron chi connectivity index (χ2n) is 8.39. The van der Waals surface area contributed by atoms with Crippen molar-refractivity contribution in [1.82, 2.24) is 20.4 Å². The van der Waals surface area contributed by atoms with Gasteiger partial charge in [-0.2, -0.15) is 0 Å². The van der Waals surface area contributed by atoms with Gasteiger partial charge in [0.1, 0.15) is 0 Å². The Morgan fingerprint density at radius 3 is 2.59 bits per heavy atom. The Kier molecular flexibility index (Phi) is 11.5. The van der Waals surface area contributed by atoms with Crippen LogP contribution in [0.15, 0.2) is 4.99 Å². The van der Waals surface area contributed by atoms with Crippen LogP contribution in [0.5, 0.6) is 0 Å². The van der Waals surface area contributed by atoms with Crippen LogP contribution >= 0.6 is 24.0 Å². The van der Waals surface area contributed by atoms with Crippen LogP contribution in [0.2, 0.25) is 0 Å². The zero-order chi connectivity index (χ0) is 19.0. The van der Waals surface area contributed by atoms with E-state index in [1.807, 2.05) is 0 Å². The van der Waals surface area contributed by atoms with Crippen LogP contribution in [0.25, 0.3) is 0 Å². The first-order valence-electron chi connectivity index (χ1n) is 10.5. The number of nitrogens with zero attached hydrogens (tertiary/aromatic N) is 3. The van der Waals surface area contributed by atoms with Crippen molar-refractivity contribution in [3.05, 3.63) is 0 Å². The number of aliphatic imine (C=N–C) groups is 1. The maximum Gasteiger partial charge on any atom is 0.191 e. The number of halogens is 1. The molecule has 2 N–H and O–H groups in total. The van der Waals surface area contributed by atoms with Crippen molar-refractivity contribution in [2.45, 2.75) is 58.0 Å². The number of nitrogens with one attached hydrogen (secondary N) is 2. The van der Waals surface area contributed by atoms with E-state index in [-0.39, 0.29) is 29.5 Å². The highest BCUT2D eigenvalue weighted by Gasteiger charge is 2.36. The largest absolute Gasteiger partial charge is 0.379 e. The third-order valence-electron chi connectivity index (χ3n) is 6.13. The van der Waals surface area contributed by atoms with Crippen molar-refractivity contribution < 1.29 is 4.74 Å². The molecule has 1 heterocycles. The van der Waals surface area contributed by atoms with Crippen molar-refractivity contribution in [3.63, 3.8) is 0 Å². The number of rotatable bonds is 7. The Bertz CT molecular complexity index is 442. The number of ether oxygens (including phenoxy) is 1. The molecule has 160 valence electrons. The monoisotopic (exact) mass is 495 g/mol. The molecule has 1 saturated carbocycles. The number of likely N-dealkylation sites (N-methyl/N-ethyl adjacent to an activating group) is 1. The third kappa shape index (κ3) is 7.66. The van der Waals surface area contributed by atoms with E-state index in [4.69, 9.17) is 9.73 Å². The van der Waals surface area contributed by atoms with Crippen LogP contribution in [0, 0.1) is 5.92 Å². The average Bonchev–Trinajstić information content (AvgIpc) is 2.64. The summed E-state index contributed by atoms with van der Waals surface area (Å²) in [5.74, 6) is 1.74. The molecular weight excluding hydrogens is 453 g/mol. The van der Waals surface area contributed by atoms with Gasteiger partial charge in [0.2, 0.25) is 0 Å². The van der Waals surface area contributed by atoms with Crippen molar-refractivity contribution >= 4 is 29.9 Å². The molecule has 3 atom stereocenters. The number of hydrogen-bond acceptors (Lipinski definition) is 4. The fourth-order valence-corrected chi connectivity index (χ4v) is 4.28. The van der Waals surface area contributed by atoms with Crippen molar-refractivity contribution in [3.8, 4) is 0 Å². The average molecular weight is 495 g/mol. The van der Waals surface area contributed by atoms with Gasteiger partial charge in [0, 0.05) is 37.8 Å². The Morgan fingerprint density at radius 2 is 2.00 bits per heavy atom. The van der Waals surface area contributed by atoms with E-state index in [0.717, 1.165) is 57.8 Å². The Morgan fingerprint density at radius 1 is 1.30 bits per heavy atom. The van der Waals surface area contributed by atoms with Crippen molar-refractivity contribution in [2.75, 3.05) is 60.0 Å². The molecule has 1 saturated heterocycles. The van der Waals surface area contributed by atoms with Crippen molar-refractivity contribution in [1.29, 1.82) is 0 Å². The molecule has 0 spiro atoms. The molecule has 0 aromatic heterocycles. The molecule has 2 rings (SSSR count). The molecule has 0 aromatic rings. The summed E-state index contributed by atoms with van der Waals surface area (Å²) >= 11 is 0. The summed E-state index contributed by atoms with van der Waals surface area (Å²) in [7, 11) is 4.43. The summed E-state index contributed by atoms with van der Waals surface area (Å²) in [5.41, 5.74) is 0.204. The van der Waals surface area contributed by atoms with Gasteiger partial charge in [-0.3, -0.25) is 9.89 Å². The third-order valence-corrected chi connectivity index (χ3v) is 6.13. The topological polar surface area (TPSA) is 52.1 Å². The molecular formula is C20H42IN5O. The maximum absolute atomic E-state index is 5.46. The number of guanidine groups is 1. The van der Waals surface area contributed by atoms with Gasteiger partial charge in [0.05, 0.1) is 19.8 Å². The fourth-order valence-electron chi connectivity index (χ4n) is 4.28. The summed E-state index contributed by atoms with van der Waals surface area (Å²) in [5, 5.41) is 6.99. The van der Waals surface area contributed by atoms with E-state index in [1.165, 1.54) is 25.7 Å². The van der Waals surface area contributed by atoms with Crippen LogP contribution in [-0.2, 0) is 4.74 Å². The Balaban J connectivity index is 0.00000364. The zero-order valence-corrected chi connectivity index (χ0v) is 20.4. The van der Waals surface area contributed by atoms with Gasteiger partial charge >= 0.3 is 0 Å². The lowest BCUT2D eigenvalue weighted by Gasteiger charge is -2.44. The molecule has 6 nitrogen and oxygen atoms in total. The first-order chi connectivity index (χ1) is 12.5. The van der Waals surface area contributed by atoms with Gasteiger partial charge in [-0.15, -0.1) is 24.0 Å². The van der Waals surface area contributed by atoms with E-state index < -0.39 is 0 Å². The molecule has 0 bridgehead atoms. The molecule has 1 aliphatic heterocycles. The van der Waals surface area contributed by atoms with Gasteiger partial charge in [-0.05, 0) is 46.7 Å². The summed E-state index contributed by atoms with van der Waals surface area (Å²) in [6.45, 7) is 13.2. The first-order valence-corrected chi connectivity index (χ1v) is 10.5. The van der Waals surface area contributed by atoms with E-state index in [0.29, 0.717) is 6.04 Å². The van der Waals surface area contributed by atoms with Gasteiger partial charge in [0.25, 0.3) is 0 Å². The van der Waals surface area contributed by atoms with Crippen LogP contribution in [-0.4, -0.2) is 87.4 Å². The van der Waals surface area contributed by atoms with Gasteiger partial charge in [-0.25, -0.2) is 0 Å². The van der Waals surface area contributed by atoms with E-state index in [2.05, 4.69) is 55.3 Å². The van der Waals surface area contributed by atoms with Crippen molar-refractivity contribution in [2.24, 2.45) is 10.9 Å². The fraction of sp³-hybridized carbons (Fsp3) is 0.950. The van der Waals surface area contributed by atoms with Crippen LogP contribution < -0.4 is 10.6 Å². The molecule has 7 heteroatoms. The summed E-state index contributed by atoms with van der Waals surface area (Å²) in [4.78, 5) is 9.89. The van der Waals surface area contributed by atoms with E-state index in [1.54, 1.807) is 0 Å². The SMILES string of the molecule is CCNC(=NCC1(N(C)C)CCCC(C)C1)NCC(C)N1CCOCC1.I. The first kappa shape index (κ1) is 24.9. The van der Waals surface area contributed by atoms with Gasteiger partial charge < -0.3 is 20.3 Å². The normalized spacial score (nSPS) is 28.5. The second-order valence-corrected chi connectivity index (χ2v) is 8.39. The summed E-state index contributed by atoms with van der Waals surface area (Å²) in [6, 6.07) is 0.486. The quantitative estimate of drug-likeness (QED) is 0.323. The minimum Gasteiger partial charge on any atom is -0.379 e. The highest BCUT2D eigenvalue weighted by Crippen LogP contribution is 2.35. The lowest BCUT2D eigenvalue weighted by molar-refractivity contribution is 0.0211. The highest BCUT2D eigenvalue weighted by molar-refractivity contribution is 14.0. The Labute approximate surface area is 183 Å². The smallest absolute Gasteiger partial charge is 0.191 e. The predicted octanol–water partition coefficient (Wildman–Crippen LogP) is 2.39. The van der Waals surface area contributed by atoms with E-state index in [9.17, 15) is 0 Å². The molecule has 2 fully saturated rings. The molecule has 3 unspecified atom stereocenters. The predicted molar refractivity (Wildman–Crippen MR) is 125 cm³/mol. The number of hydrogen-bond donors (Lipinski definition) is 2. The summed E-state index contributed by atoms with van der Waals surface area (Å²) < 4.78 is 5.46. The lowest BCUT2D eigenvalue weighted by Crippen LogP contribution is -2.52. The molecule has 0 aromatic carbocycles. The standard InChI is InChI=1S/C20H41N5O.HI/c1-6-21-19(22-15-18(3)25-10-12-26-13-11-25)23-16-20(24(4)5)9-7-8-17(2)14-20;/h17-18H,6-16H2,1-5H3,(H2,21,22,23);1H. The zero-order valence-electron chi connectivity index (χ0n) is 18.1. The molecule has 0 radical (unpaired) electrons. The molecule has 1 aliphatic carbocycles. The van der Waals surface area contributed by atoms with Gasteiger partial charge in [0.15, 0.2) is 5.96 Å². The Hall–Kier alpha value is -0.120. The second kappa shape index (κ2) is 12.4.